The topological polar surface area (TPSA) is 373 Å². The summed E-state index contributed by atoms with van der Waals surface area (Å²) >= 11 is 0. The van der Waals surface area contributed by atoms with Crippen LogP contribution in [0.5, 0.6) is 0 Å². The Morgan fingerprint density at radius 1 is 0.867 bits per heavy atom. The van der Waals surface area contributed by atoms with Gasteiger partial charge >= 0.3 is 23.5 Å². The van der Waals surface area contributed by atoms with Crippen LogP contribution in [0, 0.1) is 0 Å². The molecule has 4 heterocycles. The number of hydrogen-bond acceptors (Lipinski definition) is 17. The van der Waals surface area contributed by atoms with E-state index in [9.17, 15) is 48.2 Å². The molecule has 0 saturated carbocycles. The first kappa shape index (κ1) is 45.2. The molecular weight excluding hydrogens is 855 g/mol. The third-order valence-corrected chi connectivity index (χ3v) is 13.6. The van der Waals surface area contributed by atoms with Crippen molar-refractivity contribution in [3.05, 3.63) is 59.1 Å². The van der Waals surface area contributed by atoms with E-state index in [2.05, 4.69) is 48.6 Å². The number of aliphatic hydroxyl groups excluding tert-OH is 2. The van der Waals surface area contributed by atoms with Gasteiger partial charge in [0.05, 0.1) is 19.5 Å². The van der Waals surface area contributed by atoms with Gasteiger partial charge in [-0.1, -0.05) is 12.8 Å². The lowest BCUT2D eigenvalue weighted by atomic mass is 10.1. The van der Waals surface area contributed by atoms with Crippen LogP contribution in [0.4, 0.5) is 17.3 Å². The number of aryl methyl sites for hydroxylation is 1. The average molecular weight is 901 g/mol. The SMILES string of the molecule is Nc1ccc2cc3ccc(N)cc3[n+](CCCC(=O)NCCCCCCOP(=O)(O)OP(=O)(O)OP(=O)(O)OC[C@H]3O[C@@H](n4cnc5c(=O)[nH]c(N)nc54)[C@H](O)[C@@H]3O)c2c1. The van der Waals surface area contributed by atoms with Crippen molar-refractivity contribution in [1.82, 2.24) is 24.8 Å². The molecule has 1 aliphatic heterocycles. The molecule has 0 spiro atoms. The number of amides is 1. The molecule has 0 aliphatic carbocycles. The zero-order chi connectivity index (χ0) is 43.4. The van der Waals surface area contributed by atoms with Gasteiger partial charge in [-0.15, -0.1) is 0 Å². The number of nitrogens with zero attached hydrogens (tertiary/aromatic N) is 4. The zero-order valence-electron chi connectivity index (χ0n) is 31.7. The van der Waals surface area contributed by atoms with Gasteiger partial charge in [0.25, 0.3) is 5.56 Å². The summed E-state index contributed by atoms with van der Waals surface area (Å²) in [4.78, 5) is 64.5. The van der Waals surface area contributed by atoms with Crippen molar-refractivity contribution in [2.75, 3.05) is 37.0 Å². The number of phosphoric ester groups is 2. The molecule has 1 amide bonds. The molecule has 27 heteroatoms. The lowest BCUT2D eigenvalue weighted by Gasteiger charge is -2.20. The van der Waals surface area contributed by atoms with E-state index in [4.69, 9.17) is 21.9 Å². The summed E-state index contributed by atoms with van der Waals surface area (Å²) < 4.78 is 63.3. The summed E-state index contributed by atoms with van der Waals surface area (Å²) in [5, 5.41) is 25.9. The number of rotatable bonds is 20. The Hall–Kier alpha value is -4.38. The first-order valence-electron chi connectivity index (χ1n) is 18.4. The standard InChI is InChI=1S/C33H44N9O15P3/c34-21-9-7-19-14-20-8-10-22(35)16-24(20)41(23(19)15-21)12-5-6-26(43)37-11-3-1-2-4-13-53-58(47,48)56-60(51,52)57-59(49,50)54-17-25-28(44)29(45)32(55-25)42-18-38-27-30(42)39-33(36)40-31(27)46/h7-10,14-16,18,25,28-29,32,44-45H,1-6,11-13,17H2,(H10,34,35,36,37,39,40,43,46,47,48,49,50,51,52)/p+1/t25-,28-,29-,32-/m1/s1. The highest BCUT2D eigenvalue weighted by Gasteiger charge is 2.47. The molecule has 1 aliphatic rings. The second-order valence-electron chi connectivity index (χ2n) is 13.8. The molecule has 60 heavy (non-hydrogen) atoms. The van der Waals surface area contributed by atoms with Crippen LogP contribution in [-0.4, -0.2) is 88.4 Å². The molecule has 1 saturated heterocycles. The summed E-state index contributed by atoms with van der Waals surface area (Å²) in [5.41, 5.74) is 19.8. The lowest BCUT2D eigenvalue weighted by molar-refractivity contribution is -0.645. The van der Waals surface area contributed by atoms with E-state index in [1.54, 1.807) is 0 Å². The number of nitrogens with one attached hydrogen (secondary N) is 2. The van der Waals surface area contributed by atoms with E-state index in [0.717, 1.165) is 32.7 Å². The van der Waals surface area contributed by atoms with Crippen molar-refractivity contribution in [3.63, 3.8) is 0 Å². The number of aliphatic hydroxyl groups is 2. The number of nitrogen functional groups attached to an aromatic ring is 3. The number of hydrogen-bond donors (Lipinski definition) is 10. The van der Waals surface area contributed by atoms with E-state index in [-0.39, 0.29) is 35.9 Å². The van der Waals surface area contributed by atoms with Gasteiger partial charge in [0.2, 0.25) is 22.9 Å². The number of phosphoric acid groups is 3. The Labute approximate surface area is 340 Å². The van der Waals surface area contributed by atoms with Gasteiger partial charge in [-0.2, -0.15) is 18.2 Å². The maximum Gasteiger partial charge on any atom is 0.490 e. The fourth-order valence-corrected chi connectivity index (χ4v) is 10.1. The molecule has 2 aromatic carbocycles. The summed E-state index contributed by atoms with van der Waals surface area (Å²) in [6.07, 6.45) is -2.72. The van der Waals surface area contributed by atoms with Crippen molar-refractivity contribution < 1.29 is 70.4 Å². The number of H-pyrrole nitrogens is 1. The van der Waals surface area contributed by atoms with Crippen LogP contribution in [0.3, 0.4) is 0 Å². The highest BCUT2D eigenvalue weighted by molar-refractivity contribution is 7.66. The van der Waals surface area contributed by atoms with Gasteiger partial charge in [0.1, 0.15) is 24.9 Å². The second kappa shape index (κ2) is 18.7. The number of aromatic amines is 1. The minimum Gasteiger partial charge on any atom is -0.399 e. The van der Waals surface area contributed by atoms with Crippen molar-refractivity contribution >= 4 is 79.7 Å². The highest BCUT2D eigenvalue weighted by Crippen LogP contribution is 2.67. The summed E-state index contributed by atoms with van der Waals surface area (Å²) in [7, 11) is -16.7. The minimum atomic E-state index is -5.79. The maximum atomic E-state index is 12.6. The molecule has 6 rings (SSSR count). The van der Waals surface area contributed by atoms with Crippen LogP contribution in [0.25, 0.3) is 33.0 Å². The highest BCUT2D eigenvalue weighted by atomic mass is 31.3. The maximum absolute atomic E-state index is 12.6. The van der Waals surface area contributed by atoms with Gasteiger partial charge in [-0.25, -0.2) is 18.7 Å². The van der Waals surface area contributed by atoms with Crippen LogP contribution < -0.4 is 32.6 Å². The number of carbonyl (C=O) groups is 1. The Morgan fingerprint density at radius 2 is 1.50 bits per heavy atom. The smallest absolute Gasteiger partial charge is 0.399 e. The van der Waals surface area contributed by atoms with Crippen LogP contribution in [0.1, 0.15) is 44.8 Å². The first-order valence-corrected chi connectivity index (χ1v) is 22.9. The lowest BCUT2D eigenvalue weighted by Crippen LogP contribution is -2.36. The minimum absolute atomic E-state index is 0.117. The van der Waals surface area contributed by atoms with Gasteiger partial charge in [0, 0.05) is 53.7 Å². The monoisotopic (exact) mass is 900 g/mol. The van der Waals surface area contributed by atoms with Crippen molar-refractivity contribution in [3.8, 4) is 0 Å². The van der Waals surface area contributed by atoms with Crippen molar-refractivity contribution in [2.24, 2.45) is 0 Å². The largest absolute Gasteiger partial charge is 0.490 e. The molecule has 13 N–H and O–H groups in total. The molecule has 24 nitrogen and oxygen atoms in total. The van der Waals surface area contributed by atoms with E-state index in [1.165, 1.54) is 0 Å². The quantitative estimate of drug-likeness (QED) is 0.0174. The molecule has 326 valence electrons. The zero-order valence-corrected chi connectivity index (χ0v) is 34.4. The Balaban J connectivity index is 0.866. The number of nitrogens with two attached hydrogens (primary N) is 3. The van der Waals surface area contributed by atoms with Gasteiger partial charge in [0.15, 0.2) is 17.4 Å². The van der Waals surface area contributed by atoms with Gasteiger partial charge in [-0.05, 0) is 43.2 Å². The van der Waals surface area contributed by atoms with E-state index >= 15 is 0 Å². The molecule has 7 atom stereocenters. The third-order valence-electron chi connectivity index (χ3n) is 9.31. The fourth-order valence-electron chi connectivity index (χ4n) is 6.56. The number of fused-ring (bicyclic) bond motifs is 3. The number of benzene rings is 2. The van der Waals surface area contributed by atoms with Crippen molar-refractivity contribution in [1.29, 1.82) is 0 Å². The number of ether oxygens (including phenoxy) is 1. The molecule has 3 aromatic heterocycles. The molecule has 3 unspecified atom stereocenters. The van der Waals surface area contributed by atoms with Crippen LogP contribution >= 0.6 is 23.5 Å². The number of unbranched alkanes of at least 4 members (excludes halogenated alkanes) is 3. The first-order chi connectivity index (χ1) is 28.3. The summed E-state index contributed by atoms with van der Waals surface area (Å²) in [6, 6.07) is 13.4. The predicted octanol–water partition coefficient (Wildman–Crippen LogP) is 1.60. The van der Waals surface area contributed by atoms with Gasteiger partial charge < -0.3 is 52.1 Å². The summed E-state index contributed by atoms with van der Waals surface area (Å²) in [5.74, 6) is -0.410. The Morgan fingerprint density at radius 3 is 2.17 bits per heavy atom. The number of anilines is 3. The Kier molecular flexibility index (Phi) is 14.1. The number of aromatic nitrogens is 5. The van der Waals surface area contributed by atoms with Crippen LogP contribution in [-0.2, 0) is 47.4 Å². The number of imidazole rings is 1. The molecule has 0 radical (unpaired) electrons. The molecule has 5 aromatic rings. The van der Waals surface area contributed by atoms with Crippen LogP contribution in [0.2, 0.25) is 0 Å². The third kappa shape index (κ3) is 11.3. The molecule has 1 fully saturated rings. The molecular formula is C33H45N9O15P3+. The van der Waals surface area contributed by atoms with Crippen molar-refractivity contribution in [2.45, 2.75) is 69.6 Å². The summed E-state index contributed by atoms with van der Waals surface area (Å²) in [6.45, 7) is -0.485. The van der Waals surface area contributed by atoms with E-state index in [1.807, 2.05) is 36.4 Å². The predicted molar refractivity (Wildman–Crippen MR) is 213 cm³/mol. The average Bonchev–Trinajstić information content (AvgIpc) is 3.70. The fraction of sp³-hybridized carbons (Fsp3) is 0.424. The number of pyridine rings is 1. The van der Waals surface area contributed by atoms with Gasteiger partial charge in [-0.3, -0.25) is 28.2 Å². The van der Waals surface area contributed by atoms with E-state index in [0.29, 0.717) is 50.1 Å². The molecule has 0 bridgehead atoms. The van der Waals surface area contributed by atoms with E-state index < -0.39 is 66.8 Å². The van der Waals surface area contributed by atoms with Crippen LogP contribution in [0.15, 0.2) is 53.6 Å². The normalized spacial score (nSPS) is 21.2. The second-order valence-corrected chi connectivity index (χ2v) is 18.5. The Bertz CT molecular complexity index is 2520. The number of carbonyl (C=O) groups excluding carboxylic acids is 1.